The zero-order valence-corrected chi connectivity index (χ0v) is 11.3. The van der Waals surface area contributed by atoms with Gasteiger partial charge in [-0.25, -0.2) is 0 Å². The van der Waals surface area contributed by atoms with E-state index in [2.05, 4.69) is 26.0 Å². The van der Waals surface area contributed by atoms with Gasteiger partial charge in [0.2, 0.25) is 0 Å². The Morgan fingerprint density at radius 1 is 1.44 bits per heavy atom. The predicted molar refractivity (Wildman–Crippen MR) is 70.5 cm³/mol. The van der Waals surface area contributed by atoms with Gasteiger partial charge in [-0.15, -0.1) is 0 Å². The van der Waals surface area contributed by atoms with E-state index in [0.29, 0.717) is 5.92 Å². The van der Waals surface area contributed by atoms with Crippen molar-refractivity contribution in [3.63, 3.8) is 0 Å². The molecule has 2 rings (SSSR count). The molecule has 1 aliphatic carbocycles. The number of benzene rings is 1. The number of ether oxygens (including phenoxy) is 1. The van der Waals surface area contributed by atoms with Crippen molar-refractivity contribution in [3.05, 3.63) is 23.8 Å². The third kappa shape index (κ3) is 3.08. The first kappa shape index (κ1) is 12.1. The summed E-state index contributed by atoms with van der Waals surface area (Å²) in [5.41, 5.74) is 1.31. The summed E-state index contributed by atoms with van der Waals surface area (Å²) >= 11 is 0. The zero-order chi connectivity index (χ0) is 11.5. The molecule has 1 nitrogen and oxygen atoms in total. The first-order valence-electron chi connectivity index (χ1n) is 5.76. The largest absolute Gasteiger partial charge is 0.492 e. The lowest BCUT2D eigenvalue weighted by atomic mass is 10.0. The smallest absolute Gasteiger partial charge is 0.134 e. The summed E-state index contributed by atoms with van der Waals surface area (Å²) in [4.78, 5) is 1.04. The van der Waals surface area contributed by atoms with Gasteiger partial charge in [0.1, 0.15) is 5.75 Å². The van der Waals surface area contributed by atoms with Gasteiger partial charge in [-0.2, -0.15) is 0 Å². The third-order valence-corrected chi connectivity index (χ3v) is 3.87. The molecule has 0 aliphatic heterocycles. The van der Waals surface area contributed by atoms with E-state index in [0.717, 1.165) is 23.2 Å². The molecule has 0 unspecified atom stereocenters. The summed E-state index contributed by atoms with van der Waals surface area (Å²) in [6.07, 6.45) is 2.63. The SMILES string of the molecule is CC(C)c1ccc(OCC2CC2)c(SCl)c1. The van der Waals surface area contributed by atoms with Crippen LogP contribution in [-0.2, 0) is 0 Å². The Bertz CT molecular complexity index is 361. The lowest BCUT2D eigenvalue weighted by Crippen LogP contribution is -2.00. The van der Waals surface area contributed by atoms with Crippen molar-refractivity contribution in [2.45, 2.75) is 37.5 Å². The molecule has 88 valence electrons. The van der Waals surface area contributed by atoms with Gasteiger partial charge in [0.05, 0.1) is 11.5 Å². The Morgan fingerprint density at radius 3 is 2.75 bits per heavy atom. The van der Waals surface area contributed by atoms with Crippen LogP contribution in [0.4, 0.5) is 0 Å². The van der Waals surface area contributed by atoms with E-state index < -0.39 is 0 Å². The van der Waals surface area contributed by atoms with Gasteiger partial charge >= 0.3 is 0 Å². The highest BCUT2D eigenvalue weighted by Crippen LogP contribution is 2.36. The van der Waals surface area contributed by atoms with Crippen LogP contribution in [0.5, 0.6) is 5.75 Å². The lowest BCUT2D eigenvalue weighted by molar-refractivity contribution is 0.293. The van der Waals surface area contributed by atoms with Crippen LogP contribution in [0.3, 0.4) is 0 Å². The molecule has 0 amide bonds. The fourth-order valence-corrected chi connectivity index (χ4v) is 2.30. The standard InChI is InChI=1S/C13H17ClOS/c1-9(2)11-5-6-12(13(7-11)16-14)15-8-10-3-4-10/h5-7,9-10H,3-4,8H2,1-2H3. The minimum Gasteiger partial charge on any atom is -0.492 e. The molecule has 1 fully saturated rings. The second-order valence-electron chi connectivity index (χ2n) is 4.69. The van der Waals surface area contributed by atoms with Crippen molar-refractivity contribution in [2.24, 2.45) is 5.92 Å². The van der Waals surface area contributed by atoms with Gasteiger partial charge in [-0.3, -0.25) is 0 Å². The second-order valence-corrected chi connectivity index (χ2v) is 5.75. The average Bonchev–Trinajstić information content (AvgIpc) is 3.09. The first-order chi connectivity index (χ1) is 7.70. The van der Waals surface area contributed by atoms with E-state index >= 15 is 0 Å². The third-order valence-electron chi connectivity index (χ3n) is 2.89. The van der Waals surface area contributed by atoms with Crippen LogP contribution in [0.2, 0.25) is 0 Å². The molecule has 0 bridgehead atoms. The number of hydrogen-bond acceptors (Lipinski definition) is 2. The molecule has 0 spiro atoms. The Morgan fingerprint density at radius 2 is 2.19 bits per heavy atom. The van der Waals surface area contributed by atoms with Crippen LogP contribution in [0.25, 0.3) is 0 Å². The Balaban J connectivity index is 2.09. The highest BCUT2D eigenvalue weighted by atomic mass is 35.7. The molecule has 16 heavy (non-hydrogen) atoms. The molecule has 0 radical (unpaired) electrons. The summed E-state index contributed by atoms with van der Waals surface area (Å²) in [6, 6.07) is 6.30. The molecule has 1 saturated carbocycles. The Kier molecular flexibility index (Phi) is 4.04. The summed E-state index contributed by atoms with van der Waals surface area (Å²) in [7, 11) is 7.12. The molecule has 0 saturated heterocycles. The summed E-state index contributed by atoms with van der Waals surface area (Å²) in [5.74, 6) is 2.23. The predicted octanol–water partition coefficient (Wildman–Crippen LogP) is 4.84. The van der Waals surface area contributed by atoms with Gasteiger partial charge in [-0.05, 0) is 64.0 Å². The van der Waals surface area contributed by atoms with Crippen molar-refractivity contribution >= 4 is 21.7 Å². The van der Waals surface area contributed by atoms with Crippen LogP contribution in [0.15, 0.2) is 23.1 Å². The molecular weight excluding hydrogens is 240 g/mol. The fraction of sp³-hybridized carbons (Fsp3) is 0.538. The number of halogens is 1. The van der Waals surface area contributed by atoms with Crippen LogP contribution in [-0.4, -0.2) is 6.61 Å². The zero-order valence-electron chi connectivity index (χ0n) is 9.70. The van der Waals surface area contributed by atoms with E-state index in [9.17, 15) is 0 Å². The van der Waals surface area contributed by atoms with Gasteiger partial charge in [-0.1, -0.05) is 19.9 Å². The summed E-state index contributed by atoms with van der Waals surface area (Å²) in [5, 5.41) is 0. The van der Waals surface area contributed by atoms with E-state index in [4.69, 9.17) is 15.4 Å². The van der Waals surface area contributed by atoms with E-state index in [1.165, 1.54) is 29.4 Å². The van der Waals surface area contributed by atoms with Gasteiger partial charge in [0.25, 0.3) is 0 Å². The van der Waals surface area contributed by atoms with Gasteiger partial charge in [0, 0.05) is 0 Å². The van der Waals surface area contributed by atoms with E-state index in [1.54, 1.807) is 0 Å². The monoisotopic (exact) mass is 256 g/mol. The Hall–Kier alpha value is -0.340. The van der Waals surface area contributed by atoms with Crippen molar-refractivity contribution in [1.29, 1.82) is 0 Å². The first-order valence-corrected chi connectivity index (χ1v) is 7.40. The second kappa shape index (κ2) is 5.33. The lowest BCUT2D eigenvalue weighted by Gasteiger charge is -2.12. The van der Waals surface area contributed by atoms with Crippen LogP contribution in [0, 0.1) is 5.92 Å². The van der Waals surface area contributed by atoms with Crippen LogP contribution in [0.1, 0.15) is 38.2 Å². The normalized spacial score (nSPS) is 15.5. The molecule has 0 heterocycles. The molecule has 0 N–H and O–H groups in total. The van der Waals surface area contributed by atoms with Crippen molar-refractivity contribution in [2.75, 3.05) is 6.61 Å². The maximum Gasteiger partial charge on any atom is 0.134 e. The highest BCUT2D eigenvalue weighted by molar-refractivity contribution is 8.21. The van der Waals surface area contributed by atoms with Crippen LogP contribution < -0.4 is 4.74 Å². The topological polar surface area (TPSA) is 9.23 Å². The number of rotatable bonds is 5. The van der Waals surface area contributed by atoms with E-state index in [1.807, 2.05) is 6.07 Å². The van der Waals surface area contributed by atoms with Crippen LogP contribution >= 0.6 is 21.7 Å². The molecule has 0 aromatic heterocycles. The van der Waals surface area contributed by atoms with Crippen molar-refractivity contribution in [3.8, 4) is 5.75 Å². The maximum atomic E-state index is 5.88. The fourth-order valence-electron chi connectivity index (χ4n) is 1.56. The summed E-state index contributed by atoms with van der Waals surface area (Å²) < 4.78 is 5.78. The maximum absolute atomic E-state index is 5.88. The van der Waals surface area contributed by atoms with Gasteiger partial charge in [0.15, 0.2) is 0 Å². The van der Waals surface area contributed by atoms with E-state index in [-0.39, 0.29) is 0 Å². The molecule has 1 aliphatic rings. The Labute approximate surface area is 106 Å². The molecule has 1 aromatic carbocycles. The van der Waals surface area contributed by atoms with Crippen molar-refractivity contribution < 1.29 is 4.74 Å². The molecule has 3 heteroatoms. The number of hydrogen-bond donors (Lipinski definition) is 0. The molecule has 0 atom stereocenters. The van der Waals surface area contributed by atoms with Crippen molar-refractivity contribution in [1.82, 2.24) is 0 Å². The summed E-state index contributed by atoms with van der Waals surface area (Å²) in [6.45, 7) is 5.21. The van der Waals surface area contributed by atoms with Gasteiger partial charge < -0.3 is 4.74 Å². The molecule has 1 aromatic rings. The molecular formula is C13H17ClOS. The minimum absolute atomic E-state index is 0.528. The minimum atomic E-state index is 0.528. The quantitative estimate of drug-likeness (QED) is 0.745. The highest BCUT2D eigenvalue weighted by Gasteiger charge is 2.22. The average molecular weight is 257 g/mol.